The lowest BCUT2D eigenvalue weighted by atomic mass is 9.75. The maximum Gasteiger partial charge on any atom is 0.0812 e. The molecule has 0 aliphatic heterocycles. The molecule has 0 bridgehead atoms. The minimum atomic E-state index is -0.415. The number of hydrogen-bond donors (Lipinski definition) is 1. The van der Waals surface area contributed by atoms with Crippen molar-refractivity contribution in [3.8, 4) is 5.69 Å². The van der Waals surface area contributed by atoms with Crippen molar-refractivity contribution in [3.05, 3.63) is 51.3 Å². The molecule has 2 aromatic rings. The van der Waals surface area contributed by atoms with E-state index in [1.165, 1.54) is 0 Å². The van der Waals surface area contributed by atoms with E-state index in [2.05, 4.69) is 24.5 Å². The Balaban J connectivity index is 2.23. The Morgan fingerprint density at radius 1 is 1.24 bits per heavy atom. The molecule has 112 valence electrons. The summed E-state index contributed by atoms with van der Waals surface area (Å²) in [5.74, 6) is 0. The SMILES string of the molecule is Cc1cc2c(n1-c1cc(Cl)ccc1Cl)CC(C)(C)CC2O. The number of fused-ring (bicyclic) bond motifs is 1. The van der Waals surface area contributed by atoms with Gasteiger partial charge in [0.15, 0.2) is 0 Å². The molecule has 3 rings (SSSR count). The highest BCUT2D eigenvalue weighted by molar-refractivity contribution is 6.34. The Morgan fingerprint density at radius 3 is 2.67 bits per heavy atom. The zero-order chi connectivity index (χ0) is 15.4. The van der Waals surface area contributed by atoms with Crippen LogP contribution in [-0.4, -0.2) is 9.67 Å². The highest BCUT2D eigenvalue weighted by Crippen LogP contribution is 2.43. The molecule has 0 saturated carbocycles. The van der Waals surface area contributed by atoms with Crippen LogP contribution in [0.1, 0.15) is 43.3 Å². The van der Waals surface area contributed by atoms with Gasteiger partial charge in [0.2, 0.25) is 0 Å². The lowest BCUT2D eigenvalue weighted by Gasteiger charge is -2.34. The van der Waals surface area contributed by atoms with Gasteiger partial charge in [-0.3, -0.25) is 0 Å². The summed E-state index contributed by atoms with van der Waals surface area (Å²) >= 11 is 12.5. The number of benzene rings is 1. The summed E-state index contributed by atoms with van der Waals surface area (Å²) in [6, 6.07) is 7.55. The smallest absolute Gasteiger partial charge is 0.0812 e. The number of aliphatic hydroxyl groups is 1. The average molecular weight is 324 g/mol. The van der Waals surface area contributed by atoms with Crippen molar-refractivity contribution in [3.63, 3.8) is 0 Å². The van der Waals surface area contributed by atoms with Crippen molar-refractivity contribution in [2.24, 2.45) is 5.41 Å². The van der Waals surface area contributed by atoms with E-state index >= 15 is 0 Å². The molecule has 0 spiro atoms. The van der Waals surface area contributed by atoms with Crippen LogP contribution in [-0.2, 0) is 6.42 Å². The molecule has 1 aliphatic rings. The Hall–Kier alpha value is -0.960. The number of aromatic nitrogens is 1. The molecule has 1 aliphatic carbocycles. The Kier molecular flexibility index (Phi) is 3.59. The van der Waals surface area contributed by atoms with Crippen molar-refractivity contribution in [2.75, 3.05) is 0 Å². The van der Waals surface area contributed by atoms with Gasteiger partial charge in [0.05, 0.1) is 16.8 Å². The number of aryl methyl sites for hydroxylation is 1. The van der Waals surface area contributed by atoms with Gasteiger partial charge in [-0.2, -0.15) is 0 Å². The summed E-state index contributed by atoms with van der Waals surface area (Å²) in [6.45, 7) is 6.41. The Morgan fingerprint density at radius 2 is 1.95 bits per heavy atom. The molecule has 1 atom stereocenters. The van der Waals surface area contributed by atoms with Crippen molar-refractivity contribution in [2.45, 2.75) is 39.7 Å². The molecule has 0 fully saturated rings. The summed E-state index contributed by atoms with van der Waals surface area (Å²) in [5.41, 5.74) is 4.18. The summed E-state index contributed by atoms with van der Waals surface area (Å²) in [7, 11) is 0. The third-order valence-corrected chi connectivity index (χ3v) is 4.77. The molecule has 1 unspecified atom stereocenters. The molecule has 1 aromatic heterocycles. The van der Waals surface area contributed by atoms with E-state index in [0.29, 0.717) is 10.0 Å². The van der Waals surface area contributed by atoms with Gasteiger partial charge in [-0.25, -0.2) is 0 Å². The number of hydrogen-bond acceptors (Lipinski definition) is 1. The van der Waals surface area contributed by atoms with Crippen LogP contribution in [0.15, 0.2) is 24.3 Å². The number of halogens is 2. The summed E-state index contributed by atoms with van der Waals surface area (Å²) in [6.07, 6.45) is 1.28. The topological polar surface area (TPSA) is 25.2 Å². The van der Waals surface area contributed by atoms with Gasteiger partial charge >= 0.3 is 0 Å². The fourth-order valence-corrected chi connectivity index (χ4v) is 3.70. The number of rotatable bonds is 1. The zero-order valence-corrected chi connectivity index (χ0v) is 14.0. The van der Waals surface area contributed by atoms with Gasteiger partial charge in [-0.15, -0.1) is 0 Å². The van der Waals surface area contributed by atoms with Crippen LogP contribution in [0.4, 0.5) is 0 Å². The molecule has 2 nitrogen and oxygen atoms in total. The van der Waals surface area contributed by atoms with Crippen LogP contribution in [0.3, 0.4) is 0 Å². The fourth-order valence-electron chi connectivity index (χ4n) is 3.34. The van der Waals surface area contributed by atoms with Crippen molar-refractivity contribution < 1.29 is 5.11 Å². The summed E-state index contributed by atoms with van der Waals surface area (Å²) in [4.78, 5) is 0. The predicted molar refractivity (Wildman–Crippen MR) is 87.6 cm³/mol. The maximum absolute atomic E-state index is 10.4. The van der Waals surface area contributed by atoms with E-state index in [0.717, 1.165) is 35.5 Å². The van der Waals surface area contributed by atoms with E-state index in [1.807, 2.05) is 19.1 Å². The first kappa shape index (κ1) is 15.0. The van der Waals surface area contributed by atoms with Gasteiger partial charge in [-0.1, -0.05) is 37.0 Å². The lowest BCUT2D eigenvalue weighted by molar-refractivity contribution is 0.0987. The molecule has 1 aromatic carbocycles. The monoisotopic (exact) mass is 323 g/mol. The van der Waals surface area contributed by atoms with Crippen molar-refractivity contribution in [1.82, 2.24) is 4.57 Å². The molecule has 0 radical (unpaired) electrons. The first-order valence-electron chi connectivity index (χ1n) is 7.13. The van der Waals surface area contributed by atoms with E-state index in [9.17, 15) is 5.11 Å². The molecular weight excluding hydrogens is 305 g/mol. The van der Waals surface area contributed by atoms with E-state index in [-0.39, 0.29) is 5.41 Å². The van der Waals surface area contributed by atoms with Crippen LogP contribution in [0.2, 0.25) is 10.0 Å². The molecule has 0 saturated heterocycles. The van der Waals surface area contributed by atoms with E-state index < -0.39 is 6.10 Å². The Bertz CT molecular complexity index is 703. The minimum Gasteiger partial charge on any atom is -0.388 e. The third-order valence-electron chi connectivity index (χ3n) is 4.22. The molecule has 4 heteroatoms. The largest absolute Gasteiger partial charge is 0.388 e. The van der Waals surface area contributed by atoms with E-state index in [1.54, 1.807) is 6.07 Å². The van der Waals surface area contributed by atoms with Gasteiger partial charge in [-0.05, 0) is 49.4 Å². The molecule has 1 N–H and O–H groups in total. The van der Waals surface area contributed by atoms with Gasteiger partial charge in [0.1, 0.15) is 0 Å². The second-order valence-electron chi connectivity index (χ2n) is 6.68. The van der Waals surface area contributed by atoms with Crippen LogP contribution in [0, 0.1) is 12.3 Å². The van der Waals surface area contributed by atoms with Crippen LogP contribution in [0.25, 0.3) is 5.69 Å². The second-order valence-corrected chi connectivity index (χ2v) is 7.52. The van der Waals surface area contributed by atoms with Crippen LogP contribution < -0.4 is 0 Å². The van der Waals surface area contributed by atoms with Gasteiger partial charge in [0.25, 0.3) is 0 Å². The summed E-state index contributed by atoms with van der Waals surface area (Å²) in [5, 5.41) is 11.8. The quantitative estimate of drug-likeness (QED) is 0.776. The standard InChI is InChI=1S/C17H19Cl2NO/c1-10-6-12-15(8-17(2,3)9-16(12)21)20(10)14-7-11(18)4-5-13(14)19/h4-7,16,21H,8-9H2,1-3H3. The van der Waals surface area contributed by atoms with Gasteiger partial charge < -0.3 is 9.67 Å². The third kappa shape index (κ3) is 2.61. The van der Waals surface area contributed by atoms with Crippen molar-refractivity contribution in [1.29, 1.82) is 0 Å². The second kappa shape index (κ2) is 5.05. The van der Waals surface area contributed by atoms with Crippen LogP contribution in [0.5, 0.6) is 0 Å². The van der Waals surface area contributed by atoms with Gasteiger partial charge in [0, 0.05) is 22.0 Å². The highest BCUT2D eigenvalue weighted by Gasteiger charge is 2.34. The summed E-state index contributed by atoms with van der Waals surface area (Å²) < 4.78 is 2.13. The normalized spacial score (nSPS) is 20.4. The number of nitrogens with zero attached hydrogens (tertiary/aromatic N) is 1. The van der Waals surface area contributed by atoms with Crippen LogP contribution >= 0.6 is 23.2 Å². The van der Waals surface area contributed by atoms with Crippen molar-refractivity contribution >= 4 is 23.2 Å². The molecule has 0 amide bonds. The highest BCUT2D eigenvalue weighted by atomic mass is 35.5. The lowest BCUT2D eigenvalue weighted by Crippen LogP contribution is -2.26. The fraction of sp³-hybridized carbons (Fsp3) is 0.412. The molecular formula is C17H19Cl2NO. The first-order valence-corrected chi connectivity index (χ1v) is 7.89. The predicted octanol–water partition coefficient (Wildman–Crippen LogP) is 5.10. The first-order chi connectivity index (χ1) is 9.78. The van der Waals surface area contributed by atoms with E-state index in [4.69, 9.17) is 23.2 Å². The zero-order valence-electron chi connectivity index (χ0n) is 12.5. The minimum absolute atomic E-state index is 0.0695. The number of aliphatic hydroxyl groups excluding tert-OH is 1. The molecule has 1 heterocycles. The average Bonchev–Trinajstić information content (AvgIpc) is 2.68. The molecule has 21 heavy (non-hydrogen) atoms. The maximum atomic E-state index is 10.4. The Labute approximate surface area is 135 Å².